The molecule has 0 spiro atoms. The molecule has 0 radical (unpaired) electrons. The summed E-state index contributed by atoms with van der Waals surface area (Å²) in [6, 6.07) is 6.59. The molecule has 0 aliphatic heterocycles. The van der Waals surface area contributed by atoms with Gasteiger partial charge in [0.15, 0.2) is 0 Å². The third-order valence-corrected chi connectivity index (χ3v) is 4.38. The van der Waals surface area contributed by atoms with Gasteiger partial charge in [-0.1, -0.05) is 32.0 Å². The summed E-state index contributed by atoms with van der Waals surface area (Å²) >= 11 is 0. The number of hydrogen-bond donors (Lipinski definition) is 1. The Morgan fingerprint density at radius 2 is 1.87 bits per heavy atom. The summed E-state index contributed by atoms with van der Waals surface area (Å²) in [5.41, 5.74) is 10.9. The van der Waals surface area contributed by atoms with Gasteiger partial charge in [-0.2, -0.15) is 0 Å². The van der Waals surface area contributed by atoms with Gasteiger partial charge < -0.3 is 5.73 Å². The lowest BCUT2D eigenvalue weighted by Gasteiger charge is -2.22. The summed E-state index contributed by atoms with van der Waals surface area (Å²) in [5, 5.41) is 0. The molecule has 1 heteroatoms. The zero-order chi connectivity index (χ0) is 11.3. The molecule has 1 aliphatic carbocycles. The van der Waals surface area contributed by atoms with Crippen LogP contribution in [0, 0.1) is 19.3 Å². The normalized spacial score (nSPS) is 27.8. The average Bonchev–Trinajstić information content (AvgIpc) is 2.74. The third kappa shape index (κ3) is 1.33. The minimum atomic E-state index is 0.239. The Bertz CT molecular complexity index is 392. The fourth-order valence-corrected chi connectivity index (χ4v) is 2.90. The molecule has 0 aromatic heterocycles. The van der Waals surface area contributed by atoms with Crippen LogP contribution < -0.4 is 5.73 Å². The summed E-state index contributed by atoms with van der Waals surface area (Å²) in [5.74, 6) is 0. The lowest BCUT2D eigenvalue weighted by molar-refractivity contribution is 0.501. The number of benzene rings is 1. The van der Waals surface area contributed by atoms with Gasteiger partial charge in [0.2, 0.25) is 0 Å². The summed E-state index contributed by atoms with van der Waals surface area (Å²) in [7, 11) is 0. The molecule has 1 aliphatic rings. The zero-order valence-electron chi connectivity index (χ0n) is 10.2. The maximum Gasteiger partial charge on any atom is 0.0135 e. The summed E-state index contributed by atoms with van der Waals surface area (Å²) in [6.45, 7) is 9.81. The standard InChI is InChI=1S/C14H21N/c1-10-6-5-7-12(11(10)2)14(9-15)8-13(14,3)4/h5-7H,8-9,15H2,1-4H3. The molecule has 0 bridgehead atoms. The predicted molar refractivity (Wildman–Crippen MR) is 65.0 cm³/mol. The van der Waals surface area contributed by atoms with Gasteiger partial charge >= 0.3 is 0 Å². The fraction of sp³-hybridized carbons (Fsp3) is 0.571. The van der Waals surface area contributed by atoms with E-state index >= 15 is 0 Å². The van der Waals surface area contributed by atoms with E-state index in [0.717, 1.165) is 6.54 Å². The van der Waals surface area contributed by atoms with E-state index in [1.54, 1.807) is 0 Å². The van der Waals surface area contributed by atoms with E-state index < -0.39 is 0 Å². The van der Waals surface area contributed by atoms with E-state index in [1.807, 2.05) is 0 Å². The second kappa shape index (κ2) is 3.08. The molecule has 82 valence electrons. The summed E-state index contributed by atoms with van der Waals surface area (Å²) in [4.78, 5) is 0. The number of rotatable bonds is 2. The van der Waals surface area contributed by atoms with Gasteiger partial charge in [0.25, 0.3) is 0 Å². The van der Waals surface area contributed by atoms with Crippen molar-refractivity contribution in [1.29, 1.82) is 0 Å². The Hall–Kier alpha value is -0.820. The SMILES string of the molecule is Cc1cccc(C2(CN)CC2(C)C)c1C. The lowest BCUT2D eigenvalue weighted by Crippen LogP contribution is -2.26. The van der Waals surface area contributed by atoms with Gasteiger partial charge in [0, 0.05) is 12.0 Å². The third-order valence-electron chi connectivity index (χ3n) is 4.38. The fourth-order valence-electron chi connectivity index (χ4n) is 2.90. The van der Waals surface area contributed by atoms with E-state index in [-0.39, 0.29) is 5.41 Å². The highest BCUT2D eigenvalue weighted by Gasteiger charge is 2.61. The van der Waals surface area contributed by atoms with Crippen LogP contribution in [0.3, 0.4) is 0 Å². The van der Waals surface area contributed by atoms with E-state index in [2.05, 4.69) is 45.9 Å². The maximum absolute atomic E-state index is 6.00. The van der Waals surface area contributed by atoms with Crippen molar-refractivity contribution in [2.75, 3.05) is 6.54 Å². The first-order chi connectivity index (χ1) is 6.94. The quantitative estimate of drug-likeness (QED) is 0.785. The van der Waals surface area contributed by atoms with Crippen LogP contribution in [0.25, 0.3) is 0 Å². The van der Waals surface area contributed by atoms with Crippen molar-refractivity contribution >= 4 is 0 Å². The van der Waals surface area contributed by atoms with Gasteiger partial charge in [0.1, 0.15) is 0 Å². The van der Waals surface area contributed by atoms with Crippen molar-refractivity contribution in [3.05, 3.63) is 34.9 Å². The number of hydrogen-bond acceptors (Lipinski definition) is 1. The topological polar surface area (TPSA) is 26.0 Å². The molecular formula is C14H21N. The van der Waals surface area contributed by atoms with Gasteiger partial charge in [-0.3, -0.25) is 0 Å². The maximum atomic E-state index is 6.00. The molecule has 1 aromatic carbocycles. The second-order valence-electron chi connectivity index (χ2n) is 5.59. The molecule has 1 atom stereocenters. The van der Waals surface area contributed by atoms with Crippen LogP contribution in [0.2, 0.25) is 0 Å². The van der Waals surface area contributed by atoms with Crippen molar-refractivity contribution < 1.29 is 0 Å². The monoisotopic (exact) mass is 203 g/mol. The molecular weight excluding hydrogens is 182 g/mol. The summed E-state index contributed by atoms with van der Waals surface area (Å²) in [6.07, 6.45) is 1.22. The molecule has 0 heterocycles. The Morgan fingerprint density at radius 3 is 2.33 bits per heavy atom. The van der Waals surface area contributed by atoms with Gasteiger partial charge in [-0.15, -0.1) is 0 Å². The molecule has 1 unspecified atom stereocenters. The van der Waals surface area contributed by atoms with Crippen LogP contribution >= 0.6 is 0 Å². The van der Waals surface area contributed by atoms with Crippen molar-refractivity contribution in [3.8, 4) is 0 Å². The Kier molecular flexibility index (Phi) is 2.20. The van der Waals surface area contributed by atoms with Crippen molar-refractivity contribution in [3.63, 3.8) is 0 Å². The van der Waals surface area contributed by atoms with Crippen LogP contribution in [0.15, 0.2) is 18.2 Å². The van der Waals surface area contributed by atoms with Gasteiger partial charge in [-0.25, -0.2) is 0 Å². The first-order valence-corrected chi connectivity index (χ1v) is 5.71. The summed E-state index contributed by atoms with van der Waals surface area (Å²) < 4.78 is 0. The van der Waals surface area contributed by atoms with Crippen molar-refractivity contribution in [2.45, 2.75) is 39.5 Å². The number of nitrogens with two attached hydrogens (primary N) is 1. The molecule has 1 nitrogen and oxygen atoms in total. The minimum absolute atomic E-state index is 0.239. The lowest BCUT2D eigenvalue weighted by atomic mass is 9.84. The average molecular weight is 203 g/mol. The molecule has 15 heavy (non-hydrogen) atoms. The predicted octanol–water partition coefficient (Wildman–Crippen LogP) is 2.93. The molecule has 2 N–H and O–H groups in total. The second-order valence-corrected chi connectivity index (χ2v) is 5.59. The van der Waals surface area contributed by atoms with E-state index in [4.69, 9.17) is 5.73 Å². The van der Waals surface area contributed by atoms with Crippen molar-refractivity contribution in [1.82, 2.24) is 0 Å². The smallest absolute Gasteiger partial charge is 0.0135 e. The molecule has 0 saturated heterocycles. The number of aryl methyl sites for hydroxylation is 1. The molecule has 1 aromatic rings. The van der Waals surface area contributed by atoms with E-state index in [0.29, 0.717) is 5.41 Å². The van der Waals surface area contributed by atoms with Crippen LogP contribution in [0.5, 0.6) is 0 Å². The van der Waals surface area contributed by atoms with Crippen LogP contribution in [0.1, 0.15) is 37.0 Å². The Labute approximate surface area is 92.7 Å². The highest BCUT2D eigenvalue weighted by Crippen LogP contribution is 2.64. The molecule has 1 saturated carbocycles. The minimum Gasteiger partial charge on any atom is -0.330 e. The van der Waals surface area contributed by atoms with Crippen LogP contribution in [-0.4, -0.2) is 6.54 Å². The highest BCUT2D eigenvalue weighted by atomic mass is 14.7. The first-order valence-electron chi connectivity index (χ1n) is 5.71. The molecule has 1 fully saturated rings. The zero-order valence-corrected chi connectivity index (χ0v) is 10.2. The first kappa shape index (κ1) is 10.7. The molecule has 0 amide bonds. The van der Waals surface area contributed by atoms with Gasteiger partial charge in [-0.05, 0) is 42.4 Å². The Balaban J connectivity index is 2.51. The largest absolute Gasteiger partial charge is 0.330 e. The van der Waals surface area contributed by atoms with Gasteiger partial charge in [0.05, 0.1) is 0 Å². The van der Waals surface area contributed by atoms with Crippen LogP contribution in [0.4, 0.5) is 0 Å². The Morgan fingerprint density at radius 1 is 1.27 bits per heavy atom. The van der Waals surface area contributed by atoms with E-state index in [1.165, 1.54) is 23.1 Å². The highest BCUT2D eigenvalue weighted by molar-refractivity contribution is 5.45. The molecule has 2 rings (SSSR count). The van der Waals surface area contributed by atoms with Crippen LogP contribution in [-0.2, 0) is 5.41 Å². The van der Waals surface area contributed by atoms with E-state index in [9.17, 15) is 0 Å². The van der Waals surface area contributed by atoms with Crippen molar-refractivity contribution in [2.24, 2.45) is 11.1 Å².